The summed E-state index contributed by atoms with van der Waals surface area (Å²) in [4.78, 5) is 2.28. The van der Waals surface area contributed by atoms with Gasteiger partial charge in [0.2, 0.25) is 0 Å². The number of hydrogen-bond donors (Lipinski definition) is 1. The molecule has 0 aliphatic rings. The summed E-state index contributed by atoms with van der Waals surface area (Å²) in [5.74, 6) is 0. The summed E-state index contributed by atoms with van der Waals surface area (Å²) in [5.41, 5.74) is 0.770. The first-order valence-electron chi connectivity index (χ1n) is 6.76. The van der Waals surface area contributed by atoms with Crippen LogP contribution in [0.2, 0.25) is 10.0 Å². The third-order valence-electron chi connectivity index (χ3n) is 3.56. The van der Waals surface area contributed by atoms with Crippen LogP contribution in [-0.2, 0) is 12.0 Å². The molecular formula is C17H14Cl2OS2. The molecule has 114 valence electrons. The van der Waals surface area contributed by atoms with E-state index < -0.39 is 5.60 Å². The molecule has 0 saturated heterocycles. The molecule has 2 heterocycles. The first-order valence-corrected chi connectivity index (χ1v) is 9.27. The van der Waals surface area contributed by atoms with E-state index in [-0.39, 0.29) is 0 Å². The van der Waals surface area contributed by atoms with Crippen LogP contribution < -0.4 is 0 Å². The zero-order valence-corrected chi connectivity index (χ0v) is 15.0. The first-order chi connectivity index (χ1) is 10.5. The molecule has 3 aromatic rings. The molecule has 3 rings (SSSR count). The molecule has 5 heteroatoms. The largest absolute Gasteiger partial charge is 0.385 e. The molecule has 0 aliphatic heterocycles. The maximum Gasteiger partial charge on any atom is 0.0923 e. The normalized spacial score (nSPS) is 14.0. The molecule has 22 heavy (non-hydrogen) atoms. The van der Waals surface area contributed by atoms with Crippen molar-refractivity contribution in [3.05, 3.63) is 68.3 Å². The molecular weight excluding hydrogens is 355 g/mol. The molecule has 0 bridgehead atoms. The van der Waals surface area contributed by atoms with Crippen LogP contribution in [0.3, 0.4) is 0 Å². The van der Waals surface area contributed by atoms with Crippen molar-refractivity contribution in [3.63, 3.8) is 0 Å². The van der Waals surface area contributed by atoms with Crippen LogP contribution in [0.4, 0.5) is 0 Å². The van der Waals surface area contributed by atoms with Crippen LogP contribution in [0, 0.1) is 0 Å². The lowest BCUT2D eigenvalue weighted by molar-refractivity contribution is 0.0586. The second kappa shape index (κ2) is 6.34. The van der Waals surface area contributed by atoms with Crippen LogP contribution in [0.25, 0.3) is 9.75 Å². The lowest BCUT2D eigenvalue weighted by Crippen LogP contribution is -2.24. The van der Waals surface area contributed by atoms with Crippen LogP contribution in [0.15, 0.2) is 47.2 Å². The Morgan fingerprint density at radius 2 is 1.86 bits per heavy atom. The first kappa shape index (κ1) is 16.0. The van der Waals surface area contributed by atoms with Gasteiger partial charge in [-0.3, -0.25) is 0 Å². The number of benzene rings is 1. The molecule has 1 nitrogen and oxygen atoms in total. The van der Waals surface area contributed by atoms with E-state index in [1.807, 2.05) is 41.9 Å². The zero-order valence-electron chi connectivity index (χ0n) is 11.8. The predicted molar refractivity (Wildman–Crippen MR) is 97.4 cm³/mol. The molecule has 2 aromatic heterocycles. The van der Waals surface area contributed by atoms with Gasteiger partial charge < -0.3 is 5.11 Å². The summed E-state index contributed by atoms with van der Waals surface area (Å²) in [6, 6.07) is 11.6. The van der Waals surface area contributed by atoms with Gasteiger partial charge in [-0.2, -0.15) is 0 Å². The van der Waals surface area contributed by atoms with E-state index in [2.05, 4.69) is 6.07 Å². The smallest absolute Gasteiger partial charge is 0.0923 e. The Morgan fingerprint density at radius 1 is 1.05 bits per heavy atom. The summed E-state index contributed by atoms with van der Waals surface area (Å²) in [7, 11) is 0. The molecule has 0 aliphatic carbocycles. The maximum absolute atomic E-state index is 11.0. The molecule has 0 saturated carbocycles. The molecule has 1 unspecified atom stereocenters. The van der Waals surface area contributed by atoms with Gasteiger partial charge in [0.15, 0.2) is 0 Å². The topological polar surface area (TPSA) is 20.2 Å². The van der Waals surface area contributed by atoms with Gasteiger partial charge in [0.05, 0.1) is 20.5 Å². The lowest BCUT2D eigenvalue weighted by Gasteiger charge is -2.25. The summed E-state index contributed by atoms with van der Waals surface area (Å²) in [6.45, 7) is 1.82. The molecule has 0 fully saturated rings. The van der Waals surface area contributed by atoms with Gasteiger partial charge in [0.1, 0.15) is 0 Å². The quantitative estimate of drug-likeness (QED) is 0.578. The van der Waals surface area contributed by atoms with E-state index in [4.69, 9.17) is 23.2 Å². The Labute approximate surface area is 147 Å². The van der Waals surface area contributed by atoms with E-state index in [0.717, 1.165) is 16.0 Å². The van der Waals surface area contributed by atoms with E-state index >= 15 is 0 Å². The SMILES string of the molecule is CC(O)(Cc1cccc(Cl)c1Cl)c1ccsc1-c1cccs1. The van der Waals surface area contributed by atoms with Gasteiger partial charge >= 0.3 is 0 Å². The summed E-state index contributed by atoms with van der Waals surface area (Å²) >= 11 is 15.7. The van der Waals surface area contributed by atoms with Gasteiger partial charge in [-0.05, 0) is 41.4 Å². The minimum atomic E-state index is -1.01. The molecule has 1 atom stereocenters. The van der Waals surface area contributed by atoms with Gasteiger partial charge in [0, 0.05) is 16.9 Å². The standard InChI is InChI=1S/C17H14Cl2OS2/c1-17(20,10-11-4-2-5-13(18)15(11)19)12-7-9-22-16(12)14-6-3-8-21-14/h2-9,20H,10H2,1H3. The van der Waals surface area contributed by atoms with Gasteiger partial charge in [0.25, 0.3) is 0 Å². The van der Waals surface area contributed by atoms with Crippen molar-refractivity contribution in [3.8, 4) is 9.75 Å². The summed E-state index contributed by atoms with van der Waals surface area (Å²) < 4.78 is 0. The minimum Gasteiger partial charge on any atom is -0.385 e. The van der Waals surface area contributed by atoms with Crippen molar-refractivity contribution in [1.82, 2.24) is 0 Å². The Kier molecular flexibility index (Phi) is 4.62. The fraction of sp³-hybridized carbons (Fsp3) is 0.176. The Morgan fingerprint density at radius 3 is 2.59 bits per heavy atom. The second-order valence-corrected chi connectivity index (χ2v) is 7.95. The van der Waals surface area contributed by atoms with Crippen molar-refractivity contribution in [2.75, 3.05) is 0 Å². The van der Waals surface area contributed by atoms with E-state index in [9.17, 15) is 5.11 Å². The van der Waals surface area contributed by atoms with Crippen LogP contribution >= 0.6 is 45.9 Å². The van der Waals surface area contributed by atoms with Crippen molar-refractivity contribution < 1.29 is 5.11 Å². The molecule has 1 aromatic carbocycles. The van der Waals surface area contributed by atoms with E-state index in [0.29, 0.717) is 16.5 Å². The third kappa shape index (κ3) is 3.10. The number of rotatable bonds is 4. The zero-order chi connectivity index (χ0) is 15.7. The molecule has 0 radical (unpaired) electrons. The minimum absolute atomic E-state index is 0.418. The van der Waals surface area contributed by atoms with Crippen molar-refractivity contribution in [2.45, 2.75) is 18.9 Å². The average Bonchev–Trinajstić information content (AvgIpc) is 3.13. The lowest BCUT2D eigenvalue weighted by atomic mass is 9.89. The maximum atomic E-state index is 11.0. The highest BCUT2D eigenvalue weighted by atomic mass is 35.5. The van der Waals surface area contributed by atoms with E-state index in [1.54, 1.807) is 28.7 Å². The third-order valence-corrected chi connectivity index (χ3v) is 6.38. The number of thiophene rings is 2. The molecule has 0 spiro atoms. The summed E-state index contributed by atoms with van der Waals surface area (Å²) in [6.07, 6.45) is 0.418. The van der Waals surface area contributed by atoms with Crippen LogP contribution in [-0.4, -0.2) is 5.11 Å². The highest BCUT2D eigenvalue weighted by Gasteiger charge is 2.29. The summed E-state index contributed by atoms with van der Waals surface area (Å²) in [5, 5.41) is 16.1. The monoisotopic (exact) mass is 368 g/mol. The fourth-order valence-electron chi connectivity index (χ4n) is 2.48. The van der Waals surface area contributed by atoms with Gasteiger partial charge in [-0.15, -0.1) is 22.7 Å². The second-order valence-electron chi connectivity index (χ2n) is 5.30. The Hall–Kier alpha value is -0.840. The highest BCUT2D eigenvalue weighted by molar-refractivity contribution is 7.20. The molecule has 0 amide bonds. The molecule has 1 N–H and O–H groups in total. The van der Waals surface area contributed by atoms with Gasteiger partial charge in [-0.25, -0.2) is 0 Å². The fourth-order valence-corrected chi connectivity index (χ4v) is 4.78. The highest BCUT2D eigenvalue weighted by Crippen LogP contribution is 2.41. The van der Waals surface area contributed by atoms with Crippen molar-refractivity contribution in [2.24, 2.45) is 0 Å². The Balaban J connectivity index is 1.97. The predicted octanol–water partition coefficient (Wildman–Crippen LogP) is 6.23. The van der Waals surface area contributed by atoms with Gasteiger partial charge in [-0.1, -0.05) is 41.4 Å². The van der Waals surface area contributed by atoms with Crippen LogP contribution in [0.1, 0.15) is 18.1 Å². The number of hydrogen-bond acceptors (Lipinski definition) is 3. The average molecular weight is 369 g/mol. The van der Waals surface area contributed by atoms with Crippen molar-refractivity contribution >= 4 is 45.9 Å². The number of aliphatic hydroxyl groups is 1. The van der Waals surface area contributed by atoms with Crippen molar-refractivity contribution in [1.29, 1.82) is 0 Å². The van der Waals surface area contributed by atoms with Crippen LogP contribution in [0.5, 0.6) is 0 Å². The van der Waals surface area contributed by atoms with E-state index in [1.165, 1.54) is 4.88 Å². The Bertz CT molecular complexity index is 776. The number of halogens is 2.